The molecule has 0 spiro atoms. The minimum absolute atomic E-state index is 0.0435. The van der Waals surface area contributed by atoms with Gasteiger partial charge in [-0.25, -0.2) is 0 Å². The summed E-state index contributed by atoms with van der Waals surface area (Å²) in [6, 6.07) is 16.0. The van der Waals surface area contributed by atoms with Crippen LogP contribution in [0.2, 0.25) is 0 Å². The van der Waals surface area contributed by atoms with E-state index < -0.39 is 11.8 Å². The summed E-state index contributed by atoms with van der Waals surface area (Å²) in [5.41, 5.74) is 1.19. The monoisotopic (exact) mass is 352 g/mol. The van der Waals surface area contributed by atoms with Gasteiger partial charge in [0.2, 0.25) is 0 Å². The number of piperazine rings is 1. The van der Waals surface area contributed by atoms with Crippen LogP contribution in [0.1, 0.15) is 16.8 Å². The van der Waals surface area contributed by atoms with E-state index in [0.717, 1.165) is 0 Å². The zero-order valence-corrected chi connectivity index (χ0v) is 14.6. The molecule has 1 heterocycles. The molecule has 26 heavy (non-hydrogen) atoms. The number of anilines is 1. The largest absolute Gasteiger partial charge is 0.495 e. The van der Waals surface area contributed by atoms with E-state index in [1.807, 2.05) is 6.07 Å². The van der Waals surface area contributed by atoms with E-state index in [1.54, 1.807) is 48.5 Å². The zero-order valence-electron chi connectivity index (χ0n) is 14.6. The van der Waals surface area contributed by atoms with Gasteiger partial charge in [-0.1, -0.05) is 42.5 Å². The van der Waals surface area contributed by atoms with E-state index in [9.17, 15) is 14.4 Å². The van der Waals surface area contributed by atoms with E-state index in [4.69, 9.17) is 4.74 Å². The van der Waals surface area contributed by atoms with Crippen LogP contribution in [-0.2, 0) is 9.59 Å². The first-order chi connectivity index (χ1) is 12.6. The summed E-state index contributed by atoms with van der Waals surface area (Å²) >= 11 is 0. The maximum absolute atomic E-state index is 12.5. The highest BCUT2D eigenvalue weighted by Crippen LogP contribution is 2.29. The Morgan fingerprint density at radius 2 is 1.65 bits per heavy atom. The van der Waals surface area contributed by atoms with Crippen molar-refractivity contribution in [3.8, 4) is 5.75 Å². The molecule has 6 nitrogen and oxygen atoms in total. The normalized spacial score (nSPS) is 14.5. The smallest absolute Gasteiger partial charge is 0.316 e. The van der Waals surface area contributed by atoms with Crippen LogP contribution in [0.4, 0.5) is 5.69 Å². The van der Waals surface area contributed by atoms with Crippen molar-refractivity contribution in [1.29, 1.82) is 0 Å². The number of ketones is 1. The molecule has 0 radical (unpaired) electrons. The van der Waals surface area contributed by atoms with Gasteiger partial charge in [-0.05, 0) is 12.1 Å². The fraction of sp³-hybridized carbons (Fsp3) is 0.250. The van der Waals surface area contributed by atoms with Gasteiger partial charge >= 0.3 is 11.8 Å². The number of amides is 2. The molecule has 0 N–H and O–H groups in total. The number of benzene rings is 2. The lowest BCUT2D eigenvalue weighted by atomic mass is 10.1. The molecule has 1 fully saturated rings. The van der Waals surface area contributed by atoms with E-state index in [1.165, 1.54) is 16.9 Å². The standard InChI is InChI=1S/C20H20N2O4/c1-26-18-10-6-5-9-16(18)22-14-13-21(19(24)20(22)25)12-11-17(23)15-7-3-2-4-8-15/h2-10H,11-14H2,1H3. The van der Waals surface area contributed by atoms with Gasteiger partial charge in [-0.15, -0.1) is 0 Å². The summed E-state index contributed by atoms with van der Waals surface area (Å²) in [5.74, 6) is -0.699. The highest BCUT2D eigenvalue weighted by Gasteiger charge is 2.34. The average Bonchev–Trinajstić information content (AvgIpc) is 2.69. The fourth-order valence-corrected chi connectivity index (χ4v) is 2.98. The van der Waals surface area contributed by atoms with Crippen molar-refractivity contribution in [2.75, 3.05) is 31.6 Å². The van der Waals surface area contributed by atoms with E-state index in [0.29, 0.717) is 30.1 Å². The number of Topliss-reactive ketones (excluding diaryl/α,β-unsaturated/α-hetero) is 1. The van der Waals surface area contributed by atoms with Crippen LogP contribution in [-0.4, -0.2) is 49.2 Å². The molecule has 134 valence electrons. The van der Waals surface area contributed by atoms with Gasteiger partial charge in [0, 0.05) is 31.6 Å². The topological polar surface area (TPSA) is 66.9 Å². The first-order valence-electron chi connectivity index (χ1n) is 8.44. The van der Waals surface area contributed by atoms with Crippen LogP contribution in [0.25, 0.3) is 0 Å². The molecule has 2 amide bonds. The second-order valence-electron chi connectivity index (χ2n) is 5.96. The van der Waals surface area contributed by atoms with Crippen molar-refractivity contribution in [2.45, 2.75) is 6.42 Å². The Morgan fingerprint density at radius 3 is 2.38 bits per heavy atom. The molecule has 0 atom stereocenters. The van der Waals surface area contributed by atoms with Crippen molar-refractivity contribution in [2.24, 2.45) is 0 Å². The summed E-state index contributed by atoms with van der Waals surface area (Å²) in [7, 11) is 1.52. The lowest BCUT2D eigenvalue weighted by Gasteiger charge is -2.34. The summed E-state index contributed by atoms with van der Waals surface area (Å²) in [4.78, 5) is 40.0. The number of hydrogen-bond donors (Lipinski definition) is 0. The van der Waals surface area contributed by atoms with E-state index in [-0.39, 0.29) is 18.7 Å². The third-order valence-corrected chi connectivity index (χ3v) is 4.39. The van der Waals surface area contributed by atoms with Crippen molar-refractivity contribution in [3.63, 3.8) is 0 Å². The van der Waals surface area contributed by atoms with E-state index in [2.05, 4.69) is 0 Å². The lowest BCUT2D eigenvalue weighted by molar-refractivity contribution is -0.146. The summed E-state index contributed by atoms with van der Waals surface area (Å²) in [5, 5.41) is 0. The Balaban J connectivity index is 1.65. The Bertz CT molecular complexity index is 820. The molecule has 2 aromatic carbocycles. The van der Waals surface area contributed by atoms with Crippen LogP contribution in [0.15, 0.2) is 54.6 Å². The first kappa shape index (κ1) is 17.7. The van der Waals surface area contributed by atoms with Gasteiger partial charge in [0.15, 0.2) is 5.78 Å². The highest BCUT2D eigenvalue weighted by atomic mass is 16.5. The molecule has 0 aliphatic carbocycles. The average molecular weight is 352 g/mol. The molecule has 0 unspecified atom stereocenters. The number of rotatable bonds is 6. The number of nitrogens with zero attached hydrogens (tertiary/aromatic N) is 2. The van der Waals surface area contributed by atoms with Crippen LogP contribution >= 0.6 is 0 Å². The van der Waals surface area contributed by atoms with Crippen LogP contribution in [0, 0.1) is 0 Å². The molecule has 1 aliphatic rings. The molecule has 0 bridgehead atoms. The van der Waals surface area contributed by atoms with E-state index >= 15 is 0 Å². The second-order valence-corrected chi connectivity index (χ2v) is 5.96. The molecule has 2 aromatic rings. The van der Waals surface area contributed by atoms with Gasteiger partial charge in [0.25, 0.3) is 0 Å². The molecule has 0 saturated carbocycles. The predicted molar refractivity (Wildman–Crippen MR) is 97.3 cm³/mol. The number of carbonyl (C=O) groups excluding carboxylic acids is 3. The minimum atomic E-state index is -0.604. The Labute approximate surface area is 152 Å². The maximum Gasteiger partial charge on any atom is 0.316 e. The van der Waals surface area contributed by atoms with Crippen molar-refractivity contribution >= 4 is 23.3 Å². The molecular weight excluding hydrogens is 332 g/mol. The number of ether oxygens (including phenoxy) is 1. The van der Waals surface area contributed by atoms with Crippen LogP contribution in [0.5, 0.6) is 5.75 Å². The Hall–Kier alpha value is -3.15. The minimum Gasteiger partial charge on any atom is -0.495 e. The SMILES string of the molecule is COc1ccccc1N1CCN(CCC(=O)c2ccccc2)C(=O)C1=O. The second kappa shape index (κ2) is 7.82. The number of carbonyl (C=O) groups is 3. The Morgan fingerprint density at radius 1 is 0.962 bits per heavy atom. The van der Waals surface area contributed by atoms with Gasteiger partial charge in [-0.3, -0.25) is 19.3 Å². The summed E-state index contributed by atoms with van der Waals surface area (Å²) < 4.78 is 5.27. The molecule has 1 aliphatic heterocycles. The molecule has 6 heteroatoms. The third kappa shape index (κ3) is 3.59. The quantitative estimate of drug-likeness (QED) is 0.590. The highest BCUT2D eigenvalue weighted by molar-refractivity contribution is 6.41. The number of methoxy groups -OCH3 is 1. The van der Waals surface area contributed by atoms with Gasteiger partial charge in [0.05, 0.1) is 12.8 Å². The lowest BCUT2D eigenvalue weighted by Crippen LogP contribution is -2.54. The predicted octanol–water partition coefficient (Wildman–Crippen LogP) is 2.14. The zero-order chi connectivity index (χ0) is 18.5. The maximum atomic E-state index is 12.5. The first-order valence-corrected chi connectivity index (χ1v) is 8.44. The van der Waals surface area contributed by atoms with Gasteiger partial charge in [0.1, 0.15) is 5.75 Å². The van der Waals surface area contributed by atoms with Gasteiger partial charge in [-0.2, -0.15) is 0 Å². The van der Waals surface area contributed by atoms with Crippen LogP contribution < -0.4 is 9.64 Å². The molecular formula is C20H20N2O4. The van der Waals surface area contributed by atoms with Crippen LogP contribution in [0.3, 0.4) is 0 Å². The van der Waals surface area contributed by atoms with Crippen molar-refractivity contribution in [1.82, 2.24) is 4.90 Å². The number of para-hydroxylation sites is 2. The summed E-state index contributed by atoms with van der Waals surface area (Å²) in [6.07, 6.45) is 0.192. The molecule has 1 saturated heterocycles. The fourth-order valence-electron chi connectivity index (χ4n) is 2.98. The Kier molecular flexibility index (Phi) is 5.31. The molecule has 3 rings (SSSR count). The molecule has 0 aromatic heterocycles. The van der Waals surface area contributed by atoms with Crippen molar-refractivity contribution in [3.05, 3.63) is 60.2 Å². The number of hydrogen-bond acceptors (Lipinski definition) is 4. The summed E-state index contributed by atoms with van der Waals surface area (Å²) in [6.45, 7) is 0.979. The van der Waals surface area contributed by atoms with Crippen molar-refractivity contribution < 1.29 is 19.1 Å². The third-order valence-electron chi connectivity index (χ3n) is 4.39. The van der Waals surface area contributed by atoms with Gasteiger partial charge < -0.3 is 9.64 Å².